The van der Waals surface area contributed by atoms with Gasteiger partial charge in [0, 0.05) is 24.5 Å². The number of benzene rings is 1. The fraction of sp³-hybridized carbons (Fsp3) is 0.611. The van der Waals surface area contributed by atoms with Crippen LogP contribution in [0.2, 0.25) is 0 Å². The second-order valence-electron chi connectivity index (χ2n) is 6.50. The van der Waals surface area contributed by atoms with E-state index in [4.69, 9.17) is 9.47 Å². The smallest absolute Gasteiger partial charge is 0.150 e. The number of fused-ring (bicyclic) bond motifs is 1. The first kappa shape index (κ1) is 14.2. The lowest BCUT2D eigenvalue weighted by molar-refractivity contribution is -0.0366. The van der Waals surface area contributed by atoms with E-state index in [-0.39, 0.29) is 6.23 Å². The molecule has 3 heterocycles. The summed E-state index contributed by atoms with van der Waals surface area (Å²) in [7, 11) is 0. The molecule has 118 valence electrons. The molecule has 4 nitrogen and oxygen atoms in total. The van der Waals surface area contributed by atoms with Crippen molar-refractivity contribution in [1.82, 2.24) is 9.78 Å². The highest BCUT2D eigenvalue weighted by atomic mass is 16.5. The third-order valence-corrected chi connectivity index (χ3v) is 4.93. The standard InChI is InChI=1S/C18H24N2O2/c1-3-9-21-13-15(5-1)14-7-8-17-16(11-14)12-19-20(17)18-6-2-4-10-22-18/h7-8,11-12,15,18H,1-6,9-10,13H2. The van der Waals surface area contributed by atoms with Crippen molar-refractivity contribution in [2.24, 2.45) is 0 Å². The number of hydrogen-bond acceptors (Lipinski definition) is 3. The van der Waals surface area contributed by atoms with E-state index in [2.05, 4.69) is 28.0 Å². The molecule has 0 spiro atoms. The van der Waals surface area contributed by atoms with Crippen LogP contribution in [0.4, 0.5) is 0 Å². The Bertz CT molecular complexity index is 623. The third-order valence-electron chi connectivity index (χ3n) is 4.93. The van der Waals surface area contributed by atoms with Crippen LogP contribution < -0.4 is 0 Å². The van der Waals surface area contributed by atoms with Crippen molar-refractivity contribution < 1.29 is 9.47 Å². The summed E-state index contributed by atoms with van der Waals surface area (Å²) in [5.74, 6) is 0.529. The van der Waals surface area contributed by atoms with Crippen LogP contribution in [0.5, 0.6) is 0 Å². The molecule has 4 rings (SSSR count). The van der Waals surface area contributed by atoms with E-state index in [1.54, 1.807) is 0 Å². The highest BCUT2D eigenvalue weighted by Crippen LogP contribution is 2.30. The second-order valence-corrected chi connectivity index (χ2v) is 6.50. The zero-order chi connectivity index (χ0) is 14.8. The first-order valence-corrected chi connectivity index (χ1v) is 8.58. The number of hydrogen-bond donors (Lipinski definition) is 0. The van der Waals surface area contributed by atoms with Gasteiger partial charge in [-0.25, -0.2) is 4.68 Å². The van der Waals surface area contributed by atoms with Crippen LogP contribution in [0.15, 0.2) is 24.4 Å². The zero-order valence-electron chi connectivity index (χ0n) is 13.0. The molecule has 0 radical (unpaired) electrons. The highest BCUT2D eigenvalue weighted by Gasteiger charge is 2.20. The summed E-state index contributed by atoms with van der Waals surface area (Å²) in [4.78, 5) is 0. The topological polar surface area (TPSA) is 36.3 Å². The van der Waals surface area contributed by atoms with Gasteiger partial charge in [0.2, 0.25) is 0 Å². The van der Waals surface area contributed by atoms with Crippen molar-refractivity contribution >= 4 is 10.9 Å². The fourth-order valence-corrected chi connectivity index (χ4v) is 3.64. The van der Waals surface area contributed by atoms with Gasteiger partial charge in [0.1, 0.15) is 0 Å². The molecule has 2 fully saturated rings. The van der Waals surface area contributed by atoms with E-state index in [1.165, 1.54) is 48.6 Å². The Morgan fingerprint density at radius 2 is 1.95 bits per heavy atom. The molecule has 0 saturated carbocycles. The summed E-state index contributed by atoms with van der Waals surface area (Å²) in [5, 5.41) is 5.80. The van der Waals surface area contributed by atoms with Gasteiger partial charge in [0.05, 0.1) is 18.3 Å². The summed E-state index contributed by atoms with van der Waals surface area (Å²) in [6.07, 6.45) is 9.23. The average Bonchev–Trinajstić information content (AvgIpc) is 2.80. The van der Waals surface area contributed by atoms with Crippen LogP contribution in [0.3, 0.4) is 0 Å². The number of rotatable bonds is 2. The van der Waals surface area contributed by atoms with E-state index in [0.29, 0.717) is 5.92 Å². The third kappa shape index (κ3) is 2.77. The quantitative estimate of drug-likeness (QED) is 0.840. The van der Waals surface area contributed by atoms with E-state index in [9.17, 15) is 0 Å². The van der Waals surface area contributed by atoms with Gasteiger partial charge in [-0.3, -0.25) is 0 Å². The van der Waals surface area contributed by atoms with Crippen LogP contribution in [0.1, 0.15) is 56.2 Å². The van der Waals surface area contributed by atoms with Crippen LogP contribution in [0.25, 0.3) is 10.9 Å². The molecular formula is C18H24N2O2. The number of aromatic nitrogens is 2. The number of ether oxygens (including phenoxy) is 2. The van der Waals surface area contributed by atoms with Gasteiger partial charge >= 0.3 is 0 Å². The first-order chi connectivity index (χ1) is 10.9. The van der Waals surface area contributed by atoms with Gasteiger partial charge in [-0.15, -0.1) is 0 Å². The molecule has 22 heavy (non-hydrogen) atoms. The molecule has 2 unspecified atom stereocenters. The molecule has 2 aliphatic heterocycles. The van der Waals surface area contributed by atoms with E-state index in [1.807, 2.05) is 6.20 Å². The molecule has 2 aromatic rings. The summed E-state index contributed by atoms with van der Waals surface area (Å²) >= 11 is 0. The molecule has 2 atom stereocenters. The molecule has 0 N–H and O–H groups in total. The monoisotopic (exact) mass is 300 g/mol. The fourth-order valence-electron chi connectivity index (χ4n) is 3.64. The summed E-state index contributed by atoms with van der Waals surface area (Å²) in [5.41, 5.74) is 2.57. The van der Waals surface area contributed by atoms with Gasteiger partial charge in [0.15, 0.2) is 6.23 Å². The van der Waals surface area contributed by atoms with Crippen molar-refractivity contribution in [1.29, 1.82) is 0 Å². The minimum absolute atomic E-state index is 0.110. The molecule has 1 aromatic heterocycles. The van der Waals surface area contributed by atoms with Crippen LogP contribution >= 0.6 is 0 Å². The van der Waals surface area contributed by atoms with Gasteiger partial charge in [-0.1, -0.05) is 12.5 Å². The van der Waals surface area contributed by atoms with Crippen molar-refractivity contribution in [2.45, 2.75) is 50.7 Å². The lowest BCUT2D eigenvalue weighted by atomic mass is 9.94. The van der Waals surface area contributed by atoms with Gasteiger partial charge in [-0.05, 0) is 49.8 Å². The Balaban J connectivity index is 1.61. The normalized spacial score (nSPS) is 26.9. The van der Waals surface area contributed by atoms with Gasteiger partial charge < -0.3 is 9.47 Å². The van der Waals surface area contributed by atoms with Crippen molar-refractivity contribution in [3.63, 3.8) is 0 Å². The van der Waals surface area contributed by atoms with E-state index in [0.717, 1.165) is 26.2 Å². The van der Waals surface area contributed by atoms with Crippen LogP contribution in [0, 0.1) is 0 Å². The zero-order valence-corrected chi connectivity index (χ0v) is 13.0. The molecule has 0 aliphatic carbocycles. The maximum Gasteiger partial charge on any atom is 0.150 e. The van der Waals surface area contributed by atoms with Crippen molar-refractivity contribution in [3.8, 4) is 0 Å². The molecule has 2 saturated heterocycles. The van der Waals surface area contributed by atoms with Crippen LogP contribution in [-0.4, -0.2) is 29.6 Å². The lowest BCUT2D eigenvalue weighted by Crippen LogP contribution is -2.18. The maximum atomic E-state index is 5.87. The summed E-state index contributed by atoms with van der Waals surface area (Å²) in [6, 6.07) is 6.75. The van der Waals surface area contributed by atoms with Crippen LogP contribution in [-0.2, 0) is 9.47 Å². The molecular weight excluding hydrogens is 276 g/mol. The first-order valence-electron chi connectivity index (χ1n) is 8.58. The van der Waals surface area contributed by atoms with Crippen molar-refractivity contribution in [3.05, 3.63) is 30.0 Å². The van der Waals surface area contributed by atoms with E-state index < -0.39 is 0 Å². The largest absolute Gasteiger partial charge is 0.381 e. The summed E-state index contributed by atoms with van der Waals surface area (Å²) < 4.78 is 13.7. The Hall–Kier alpha value is -1.39. The van der Waals surface area contributed by atoms with E-state index >= 15 is 0 Å². The second kappa shape index (κ2) is 6.39. The average molecular weight is 300 g/mol. The number of nitrogens with zero attached hydrogens (tertiary/aromatic N) is 2. The highest BCUT2D eigenvalue weighted by molar-refractivity contribution is 5.79. The Morgan fingerprint density at radius 3 is 2.86 bits per heavy atom. The molecule has 0 amide bonds. The molecule has 2 aliphatic rings. The minimum atomic E-state index is 0.110. The Labute approximate surface area is 131 Å². The SMILES string of the molecule is c1cc2c(cnn2C2CCCCO2)cc1C1CCCCOC1. The maximum absolute atomic E-state index is 5.87. The molecule has 0 bridgehead atoms. The predicted octanol–water partition coefficient (Wildman–Crippen LogP) is 4.02. The predicted molar refractivity (Wildman–Crippen MR) is 86.0 cm³/mol. The summed E-state index contributed by atoms with van der Waals surface area (Å²) in [6.45, 7) is 2.62. The Kier molecular flexibility index (Phi) is 4.13. The van der Waals surface area contributed by atoms with Gasteiger partial charge in [-0.2, -0.15) is 5.10 Å². The molecule has 4 heteroatoms. The van der Waals surface area contributed by atoms with Crippen molar-refractivity contribution in [2.75, 3.05) is 19.8 Å². The van der Waals surface area contributed by atoms with Gasteiger partial charge in [0.25, 0.3) is 0 Å². The Morgan fingerprint density at radius 1 is 1.05 bits per heavy atom. The lowest BCUT2D eigenvalue weighted by Gasteiger charge is -2.23. The minimum Gasteiger partial charge on any atom is -0.381 e. The molecule has 1 aromatic carbocycles.